The monoisotopic (exact) mass is 316 g/mol. The molecular formula is C11H13ClN4O3S. The number of sulfonamides is 1. The Morgan fingerprint density at radius 2 is 2.10 bits per heavy atom. The Bertz CT molecular complexity index is 729. The Kier molecular flexibility index (Phi) is 3.98. The van der Waals surface area contributed by atoms with Crippen molar-refractivity contribution >= 4 is 21.6 Å². The standard InChI is InChI=1S/C11H13ClN4O3S/c1-7(19-9-5-3-4-8(12)6-9)10-14-15-11(16(10)2)20(13,17)18/h3-7H,1-2H3,(H2,13,17,18). The van der Waals surface area contributed by atoms with Crippen molar-refractivity contribution in [3.63, 3.8) is 0 Å². The molecule has 2 rings (SSSR count). The maximum atomic E-state index is 11.3. The van der Waals surface area contributed by atoms with Gasteiger partial charge in [-0.1, -0.05) is 17.7 Å². The molecule has 0 aliphatic carbocycles. The molecule has 0 saturated heterocycles. The molecule has 1 aromatic heterocycles. The molecule has 0 radical (unpaired) electrons. The van der Waals surface area contributed by atoms with Crippen LogP contribution in [0.4, 0.5) is 0 Å². The number of halogens is 1. The lowest BCUT2D eigenvalue weighted by Gasteiger charge is -2.14. The van der Waals surface area contributed by atoms with Gasteiger partial charge < -0.3 is 9.30 Å². The average molecular weight is 317 g/mol. The van der Waals surface area contributed by atoms with Gasteiger partial charge in [0.1, 0.15) is 5.75 Å². The second-order valence-corrected chi connectivity index (χ2v) is 6.05. The largest absolute Gasteiger partial charge is 0.483 e. The van der Waals surface area contributed by atoms with Gasteiger partial charge in [0.15, 0.2) is 11.9 Å². The summed E-state index contributed by atoms with van der Waals surface area (Å²) in [6.45, 7) is 1.72. The Balaban J connectivity index is 2.26. The van der Waals surface area contributed by atoms with E-state index in [1.165, 1.54) is 11.6 Å². The van der Waals surface area contributed by atoms with Crippen LogP contribution < -0.4 is 9.88 Å². The van der Waals surface area contributed by atoms with Crippen LogP contribution in [0.5, 0.6) is 5.75 Å². The fourth-order valence-corrected chi connectivity index (χ4v) is 2.54. The molecule has 0 fully saturated rings. The minimum Gasteiger partial charge on any atom is -0.483 e. The summed E-state index contributed by atoms with van der Waals surface area (Å²) in [5.41, 5.74) is 0. The molecule has 1 heterocycles. The molecule has 20 heavy (non-hydrogen) atoms. The minimum atomic E-state index is -3.91. The Morgan fingerprint density at radius 3 is 2.65 bits per heavy atom. The number of ether oxygens (including phenoxy) is 1. The van der Waals surface area contributed by atoms with Gasteiger partial charge in [0.2, 0.25) is 0 Å². The normalized spacial score (nSPS) is 13.2. The van der Waals surface area contributed by atoms with Gasteiger partial charge in [0, 0.05) is 12.1 Å². The van der Waals surface area contributed by atoms with Crippen LogP contribution in [0.1, 0.15) is 18.9 Å². The molecule has 1 aromatic carbocycles. The van der Waals surface area contributed by atoms with E-state index in [0.29, 0.717) is 16.6 Å². The molecule has 7 nitrogen and oxygen atoms in total. The van der Waals surface area contributed by atoms with Gasteiger partial charge >= 0.3 is 0 Å². The maximum absolute atomic E-state index is 11.3. The van der Waals surface area contributed by atoms with Crippen LogP contribution >= 0.6 is 11.6 Å². The van der Waals surface area contributed by atoms with E-state index in [0.717, 1.165) is 0 Å². The van der Waals surface area contributed by atoms with Gasteiger partial charge in [-0.25, -0.2) is 13.6 Å². The second-order valence-electron chi connectivity index (χ2n) is 4.16. The predicted molar refractivity (Wildman–Crippen MR) is 72.9 cm³/mol. The van der Waals surface area contributed by atoms with Gasteiger partial charge in [0.25, 0.3) is 15.2 Å². The smallest absolute Gasteiger partial charge is 0.273 e. The Morgan fingerprint density at radius 1 is 1.40 bits per heavy atom. The topological polar surface area (TPSA) is 100 Å². The van der Waals surface area contributed by atoms with Crippen LogP contribution in [0.2, 0.25) is 5.02 Å². The SMILES string of the molecule is CC(Oc1cccc(Cl)c1)c1nnc(S(N)(=O)=O)n1C. The van der Waals surface area contributed by atoms with Crippen molar-refractivity contribution in [3.8, 4) is 5.75 Å². The highest BCUT2D eigenvalue weighted by atomic mass is 35.5. The lowest BCUT2D eigenvalue weighted by Crippen LogP contribution is -2.18. The summed E-state index contributed by atoms with van der Waals surface area (Å²) >= 11 is 5.86. The number of hydrogen-bond donors (Lipinski definition) is 1. The molecule has 0 bridgehead atoms. The number of benzene rings is 1. The zero-order valence-corrected chi connectivity index (χ0v) is 12.4. The highest BCUT2D eigenvalue weighted by Crippen LogP contribution is 2.23. The Hall–Kier alpha value is -1.64. The van der Waals surface area contributed by atoms with E-state index in [9.17, 15) is 8.42 Å². The molecule has 0 spiro atoms. The Labute approximate surface area is 121 Å². The fourth-order valence-electron chi connectivity index (χ4n) is 1.73. The molecular weight excluding hydrogens is 304 g/mol. The van der Waals surface area contributed by atoms with Gasteiger partial charge in [-0.3, -0.25) is 0 Å². The van der Waals surface area contributed by atoms with E-state index in [2.05, 4.69) is 10.2 Å². The summed E-state index contributed by atoms with van der Waals surface area (Å²) in [4.78, 5) is 0. The third kappa shape index (κ3) is 3.09. The zero-order valence-electron chi connectivity index (χ0n) is 10.8. The van der Waals surface area contributed by atoms with Crippen molar-refractivity contribution < 1.29 is 13.2 Å². The molecule has 9 heteroatoms. The second kappa shape index (κ2) is 5.39. The third-order valence-electron chi connectivity index (χ3n) is 2.60. The molecule has 0 amide bonds. The van der Waals surface area contributed by atoms with E-state index >= 15 is 0 Å². The van der Waals surface area contributed by atoms with Crippen molar-refractivity contribution in [3.05, 3.63) is 35.1 Å². The van der Waals surface area contributed by atoms with Crippen LogP contribution in [0.25, 0.3) is 0 Å². The van der Waals surface area contributed by atoms with E-state index in [-0.39, 0.29) is 5.16 Å². The molecule has 2 N–H and O–H groups in total. The molecule has 2 aromatic rings. The van der Waals surface area contributed by atoms with E-state index in [4.69, 9.17) is 21.5 Å². The highest BCUT2D eigenvalue weighted by Gasteiger charge is 2.22. The molecule has 1 unspecified atom stereocenters. The third-order valence-corrected chi connectivity index (χ3v) is 3.70. The summed E-state index contributed by atoms with van der Waals surface area (Å²) in [6.07, 6.45) is -0.513. The van der Waals surface area contributed by atoms with Crippen LogP contribution in [0, 0.1) is 0 Å². The van der Waals surface area contributed by atoms with Crippen LogP contribution in [0.15, 0.2) is 29.4 Å². The number of nitrogens with two attached hydrogens (primary N) is 1. The lowest BCUT2D eigenvalue weighted by molar-refractivity contribution is 0.211. The fraction of sp³-hybridized carbons (Fsp3) is 0.273. The van der Waals surface area contributed by atoms with Crippen molar-refractivity contribution in [1.29, 1.82) is 0 Å². The first kappa shape index (κ1) is 14.8. The summed E-state index contributed by atoms with van der Waals surface area (Å²) in [5, 5.41) is 12.6. The van der Waals surface area contributed by atoms with Gasteiger partial charge in [0.05, 0.1) is 0 Å². The molecule has 1 atom stereocenters. The maximum Gasteiger partial charge on any atom is 0.273 e. The minimum absolute atomic E-state index is 0.311. The summed E-state index contributed by atoms with van der Waals surface area (Å²) < 4.78 is 29.5. The molecule has 0 saturated carbocycles. The van der Waals surface area contributed by atoms with Crippen molar-refractivity contribution in [2.24, 2.45) is 12.2 Å². The average Bonchev–Trinajstić information content (AvgIpc) is 2.70. The summed E-state index contributed by atoms with van der Waals surface area (Å²) in [6, 6.07) is 6.85. The number of rotatable bonds is 4. The van der Waals surface area contributed by atoms with Crippen LogP contribution in [0.3, 0.4) is 0 Å². The lowest BCUT2D eigenvalue weighted by atomic mass is 10.3. The number of nitrogens with zero attached hydrogens (tertiary/aromatic N) is 3. The van der Waals surface area contributed by atoms with Crippen LogP contribution in [-0.4, -0.2) is 23.2 Å². The quantitative estimate of drug-likeness (QED) is 0.915. The van der Waals surface area contributed by atoms with Gasteiger partial charge in [-0.15, -0.1) is 10.2 Å². The molecule has 0 aliphatic rings. The number of aromatic nitrogens is 3. The summed E-state index contributed by atoms with van der Waals surface area (Å²) in [7, 11) is -2.41. The van der Waals surface area contributed by atoms with Gasteiger partial charge in [-0.05, 0) is 25.1 Å². The summed E-state index contributed by atoms with van der Waals surface area (Å²) in [5.74, 6) is 0.888. The van der Waals surface area contributed by atoms with Crippen molar-refractivity contribution in [2.45, 2.75) is 18.2 Å². The van der Waals surface area contributed by atoms with E-state index in [1.54, 1.807) is 31.2 Å². The first-order valence-corrected chi connectivity index (χ1v) is 7.56. The highest BCUT2D eigenvalue weighted by molar-refractivity contribution is 7.89. The van der Waals surface area contributed by atoms with Crippen molar-refractivity contribution in [1.82, 2.24) is 14.8 Å². The van der Waals surface area contributed by atoms with Crippen molar-refractivity contribution in [2.75, 3.05) is 0 Å². The molecule has 108 valence electrons. The zero-order chi connectivity index (χ0) is 14.9. The number of hydrogen-bond acceptors (Lipinski definition) is 5. The first-order valence-electron chi connectivity index (χ1n) is 5.63. The predicted octanol–water partition coefficient (Wildman–Crippen LogP) is 1.26. The first-order chi connectivity index (χ1) is 9.29. The van der Waals surface area contributed by atoms with Gasteiger partial charge in [-0.2, -0.15) is 0 Å². The van der Waals surface area contributed by atoms with Crippen LogP contribution in [-0.2, 0) is 17.1 Å². The number of primary sulfonamides is 1. The van der Waals surface area contributed by atoms with E-state index < -0.39 is 16.1 Å². The molecule has 0 aliphatic heterocycles. The van der Waals surface area contributed by atoms with E-state index in [1.807, 2.05) is 0 Å².